The Balaban J connectivity index is 2.08. The van der Waals surface area contributed by atoms with Crippen LogP contribution in [0.15, 0.2) is 39.3 Å². The van der Waals surface area contributed by atoms with Crippen molar-refractivity contribution in [1.29, 1.82) is 0 Å². The van der Waals surface area contributed by atoms with Crippen molar-refractivity contribution in [3.8, 4) is 5.75 Å². The van der Waals surface area contributed by atoms with Crippen LogP contribution in [0.2, 0.25) is 0 Å². The predicted octanol–water partition coefficient (Wildman–Crippen LogP) is 5.57. The highest BCUT2D eigenvalue weighted by molar-refractivity contribution is 9.10. The highest BCUT2D eigenvalue weighted by Crippen LogP contribution is 2.46. The summed E-state index contributed by atoms with van der Waals surface area (Å²) in [6.45, 7) is 4.27. The van der Waals surface area contributed by atoms with Crippen LogP contribution in [0.4, 0.5) is 0 Å². The molecule has 0 spiro atoms. The molecule has 0 bridgehead atoms. The first-order valence-corrected chi connectivity index (χ1v) is 9.17. The summed E-state index contributed by atoms with van der Waals surface area (Å²) in [5.41, 5.74) is 4.08. The van der Waals surface area contributed by atoms with Gasteiger partial charge < -0.3 is 9.72 Å². The summed E-state index contributed by atoms with van der Waals surface area (Å²) in [5.74, 6) is 0.785. The number of hydrogen-bond donors (Lipinski definition) is 1. The van der Waals surface area contributed by atoms with Crippen LogP contribution in [0.25, 0.3) is 10.9 Å². The van der Waals surface area contributed by atoms with E-state index in [-0.39, 0.29) is 11.2 Å². The number of carbonyl (C=O) groups excluding carboxylic acids is 1. The lowest BCUT2D eigenvalue weighted by Gasteiger charge is -2.32. The third-order valence-electron chi connectivity index (χ3n) is 4.82. The Labute approximate surface area is 156 Å². The van der Waals surface area contributed by atoms with Gasteiger partial charge in [0.05, 0.1) is 17.1 Å². The van der Waals surface area contributed by atoms with Crippen molar-refractivity contribution in [2.75, 3.05) is 7.11 Å². The number of nitrogens with one attached hydrogen (secondary N) is 1. The lowest BCUT2D eigenvalue weighted by Crippen LogP contribution is -2.30. The zero-order valence-corrected chi connectivity index (χ0v) is 16.6. The Kier molecular flexibility index (Phi) is 3.45. The SMILES string of the molecule is COc1cc2c(cc1Br)C(=O)c1c([nH]c3cc(Br)ccc13)C2(C)C. The van der Waals surface area contributed by atoms with Gasteiger partial charge in [0.2, 0.25) is 0 Å². The molecule has 122 valence electrons. The van der Waals surface area contributed by atoms with E-state index in [9.17, 15) is 4.79 Å². The standard InChI is InChI=1S/C19H15Br2NO2/c1-19(2)12-8-15(24-3)13(21)7-11(12)17(23)16-10-5-4-9(20)6-14(10)22-18(16)19/h4-8,22H,1-3H3. The summed E-state index contributed by atoms with van der Waals surface area (Å²) in [6, 6.07) is 9.81. The van der Waals surface area contributed by atoms with E-state index in [0.29, 0.717) is 0 Å². The van der Waals surface area contributed by atoms with Gasteiger partial charge in [0.1, 0.15) is 5.75 Å². The summed E-state index contributed by atoms with van der Waals surface area (Å²) in [5, 5.41) is 0.962. The highest BCUT2D eigenvalue weighted by atomic mass is 79.9. The summed E-state index contributed by atoms with van der Waals surface area (Å²) >= 11 is 7.00. The molecule has 0 unspecified atom stereocenters. The fourth-order valence-corrected chi connectivity index (χ4v) is 4.42. The number of ether oxygens (including phenoxy) is 1. The minimum Gasteiger partial charge on any atom is -0.496 e. The molecule has 0 aliphatic heterocycles. The molecule has 1 N–H and O–H groups in total. The number of aromatic amines is 1. The molecular formula is C19H15Br2NO2. The molecule has 1 aromatic heterocycles. The molecule has 3 aromatic rings. The zero-order valence-electron chi connectivity index (χ0n) is 13.5. The molecule has 0 atom stereocenters. The van der Waals surface area contributed by atoms with E-state index < -0.39 is 0 Å². The number of carbonyl (C=O) groups is 1. The number of hydrogen-bond acceptors (Lipinski definition) is 2. The molecule has 0 fully saturated rings. The first-order chi connectivity index (χ1) is 11.3. The van der Waals surface area contributed by atoms with Gasteiger partial charge in [0, 0.05) is 32.0 Å². The average molecular weight is 449 g/mol. The van der Waals surface area contributed by atoms with E-state index in [4.69, 9.17) is 4.74 Å². The predicted molar refractivity (Wildman–Crippen MR) is 102 cm³/mol. The quantitative estimate of drug-likeness (QED) is 0.528. The van der Waals surface area contributed by atoms with Crippen LogP contribution in [0.1, 0.15) is 41.0 Å². The van der Waals surface area contributed by atoms with Crippen LogP contribution in [-0.2, 0) is 5.41 Å². The number of methoxy groups -OCH3 is 1. The number of rotatable bonds is 1. The van der Waals surface area contributed by atoms with Crippen molar-refractivity contribution in [3.05, 3.63) is 61.7 Å². The number of fused-ring (bicyclic) bond motifs is 4. The minimum absolute atomic E-state index is 0.0521. The smallest absolute Gasteiger partial charge is 0.195 e. The van der Waals surface area contributed by atoms with Gasteiger partial charge in [0.25, 0.3) is 0 Å². The number of ketones is 1. The van der Waals surface area contributed by atoms with E-state index in [1.807, 2.05) is 30.3 Å². The Morgan fingerprint density at radius 3 is 2.58 bits per heavy atom. The van der Waals surface area contributed by atoms with Crippen molar-refractivity contribution in [1.82, 2.24) is 4.98 Å². The molecule has 24 heavy (non-hydrogen) atoms. The highest BCUT2D eigenvalue weighted by Gasteiger charge is 2.40. The molecule has 0 radical (unpaired) electrons. The van der Waals surface area contributed by atoms with Crippen molar-refractivity contribution >= 4 is 48.5 Å². The van der Waals surface area contributed by atoms with Crippen molar-refractivity contribution in [3.63, 3.8) is 0 Å². The van der Waals surface area contributed by atoms with Gasteiger partial charge in [-0.2, -0.15) is 0 Å². The van der Waals surface area contributed by atoms with E-state index >= 15 is 0 Å². The molecule has 4 rings (SSSR count). The molecule has 1 aliphatic carbocycles. The maximum atomic E-state index is 13.2. The third kappa shape index (κ3) is 2.04. The van der Waals surface area contributed by atoms with Crippen LogP contribution in [-0.4, -0.2) is 17.9 Å². The number of benzene rings is 2. The van der Waals surface area contributed by atoms with E-state index in [1.54, 1.807) is 7.11 Å². The maximum Gasteiger partial charge on any atom is 0.195 e. The van der Waals surface area contributed by atoms with Crippen LogP contribution < -0.4 is 4.74 Å². The van der Waals surface area contributed by atoms with E-state index in [0.717, 1.165) is 48.0 Å². The van der Waals surface area contributed by atoms with Crippen LogP contribution in [0.5, 0.6) is 5.75 Å². The van der Waals surface area contributed by atoms with Crippen molar-refractivity contribution < 1.29 is 9.53 Å². The van der Waals surface area contributed by atoms with Crippen LogP contribution >= 0.6 is 31.9 Å². The van der Waals surface area contributed by atoms with Crippen molar-refractivity contribution in [2.24, 2.45) is 0 Å². The average Bonchev–Trinajstić information content (AvgIpc) is 2.92. The van der Waals surface area contributed by atoms with Gasteiger partial charge in [-0.3, -0.25) is 4.79 Å². The maximum absolute atomic E-state index is 13.2. The van der Waals surface area contributed by atoms with Crippen LogP contribution in [0, 0.1) is 0 Å². The molecule has 3 nitrogen and oxygen atoms in total. The van der Waals surface area contributed by atoms with Gasteiger partial charge >= 0.3 is 0 Å². The number of H-pyrrole nitrogens is 1. The van der Waals surface area contributed by atoms with Gasteiger partial charge in [-0.1, -0.05) is 35.8 Å². The summed E-state index contributed by atoms with van der Waals surface area (Å²) in [4.78, 5) is 16.7. The molecular weight excluding hydrogens is 434 g/mol. The molecule has 5 heteroatoms. The van der Waals surface area contributed by atoms with Crippen LogP contribution in [0.3, 0.4) is 0 Å². The fourth-order valence-electron chi connectivity index (χ4n) is 3.56. The topological polar surface area (TPSA) is 42.1 Å². The summed E-state index contributed by atoms with van der Waals surface area (Å²) in [6.07, 6.45) is 0. The first kappa shape index (κ1) is 15.9. The molecule has 0 amide bonds. The molecule has 0 saturated carbocycles. The van der Waals surface area contributed by atoms with Crippen molar-refractivity contribution in [2.45, 2.75) is 19.3 Å². The lowest BCUT2D eigenvalue weighted by molar-refractivity contribution is 0.103. The monoisotopic (exact) mass is 447 g/mol. The normalized spacial score (nSPS) is 15.3. The summed E-state index contributed by atoms with van der Waals surface area (Å²) < 4.78 is 7.21. The second-order valence-electron chi connectivity index (χ2n) is 6.55. The molecule has 1 aliphatic rings. The zero-order chi connectivity index (χ0) is 17.2. The first-order valence-electron chi connectivity index (χ1n) is 7.59. The van der Waals surface area contributed by atoms with Gasteiger partial charge in [0.15, 0.2) is 5.78 Å². The Morgan fingerprint density at radius 2 is 1.88 bits per heavy atom. The second kappa shape index (κ2) is 5.20. The molecule has 0 saturated heterocycles. The number of halogens is 2. The molecule has 2 aromatic carbocycles. The minimum atomic E-state index is -0.321. The van der Waals surface area contributed by atoms with Gasteiger partial charge in [-0.15, -0.1) is 0 Å². The third-order valence-corrected chi connectivity index (χ3v) is 5.94. The summed E-state index contributed by atoms with van der Waals surface area (Å²) in [7, 11) is 1.63. The lowest BCUT2D eigenvalue weighted by atomic mass is 9.71. The fraction of sp³-hybridized carbons (Fsp3) is 0.211. The van der Waals surface area contributed by atoms with Gasteiger partial charge in [-0.25, -0.2) is 0 Å². The van der Waals surface area contributed by atoms with E-state index in [2.05, 4.69) is 50.7 Å². The Hall–Kier alpha value is -1.59. The second-order valence-corrected chi connectivity index (χ2v) is 8.32. The van der Waals surface area contributed by atoms with Gasteiger partial charge in [-0.05, 0) is 45.8 Å². The Bertz CT molecular complexity index is 1020. The Morgan fingerprint density at radius 1 is 1.12 bits per heavy atom. The number of aromatic nitrogens is 1. The largest absolute Gasteiger partial charge is 0.496 e. The molecule has 1 heterocycles. The van der Waals surface area contributed by atoms with E-state index in [1.165, 1.54) is 0 Å².